The summed E-state index contributed by atoms with van der Waals surface area (Å²) < 4.78 is 68.4. The van der Waals surface area contributed by atoms with E-state index >= 15 is 0 Å². The van der Waals surface area contributed by atoms with E-state index in [1.165, 1.54) is 161 Å². The number of hydrogen-bond acceptors (Lipinski definition) is 15. The molecule has 0 aromatic rings. The molecule has 0 aliphatic rings. The maximum absolute atomic E-state index is 13.0. The van der Waals surface area contributed by atoms with Gasteiger partial charge < -0.3 is 33.8 Å². The van der Waals surface area contributed by atoms with E-state index in [1.807, 2.05) is 0 Å². The van der Waals surface area contributed by atoms with Gasteiger partial charge in [-0.15, -0.1) is 0 Å². The Morgan fingerprint density at radius 2 is 0.522 bits per heavy atom. The predicted molar refractivity (Wildman–Crippen MR) is 372 cm³/mol. The van der Waals surface area contributed by atoms with Crippen LogP contribution in [0.25, 0.3) is 0 Å². The summed E-state index contributed by atoms with van der Waals surface area (Å²) in [6.45, 7) is 14.1. The van der Waals surface area contributed by atoms with Crippen LogP contribution in [0.5, 0.6) is 0 Å². The number of phosphoric ester groups is 2. The standard InChI is InChI=1S/C73H142O17P2/c1-9-66(8)52-44-36-28-19-16-17-20-29-37-45-53-70(75)83-59-68(90-73(78)56-48-40-31-23-22-26-34-42-50-64(4)5)61-87-91(79,80)85-57-67(74)58-86-92(81,82)88-62-69(60-84-71(76)54-46-38-32-24-27-35-43-51-65(6)7)89-72(77)55-47-39-30-21-15-13-11-10-12-14-18-25-33-41-49-63(2)3/h63-69,74H,9-62H2,1-8H3,(H,79,80)(H,81,82)/t66?,67?,68-,69-/m1/s1. The highest BCUT2D eigenvalue weighted by Gasteiger charge is 2.30. The number of esters is 4. The summed E-state index contributed by atoms with van der Waals surface area (Å²) in [5, 5.41) is 10.6. The number of carbonyl (C=O) groups is 4. The molecule has 4 unspecified atom stereocenters. The molecule has 0 aliphatic heterocycles. The summed E-state index contributed by atoms with van der Waals surface area (Å²) >= 11 is 0. The first-order chi connectivity index (χ1) is 44.1. The third-order valence-corrected chi connectivity index (χ3v) is 19.1. The molecule has 0 radical (unpaired) electrons. The number of carbonyl (C=O) groups excluding carboxylic acids is 4. The van der Waals surface area contributed by atoms with Gasteiger partial charge in [0.25, 0.3) is 0 Å². The summed E-state index contributed by atoms with van der Waals surface area (Å²) in [6.07, 6.45) is 45.9. The van der Waals surface area contributed by atoms with Gasteiger partial charge in [0, 0.05) is 25.7 Å². The number of rotatable bonds is 70. The van der Waals surface area contributed by atoms with Crippen LogP contribution in [0.2, 0.25) is 0 Å². The predicted octanol–water partition coefficient (Wildman–Crippen LogP) is 20.9. The molecule has 0 aromatic heterocycles. The van der Waals surface area contributed by atoms with Gasteiger partial charge in [0.05, 0.1) is 26.4 Å². The van der Waals surface area contributed by atoms with Gasteiger partial charge in [0.2, 0.25) is 0 Å². The fraction of sp³-hybridized carbons (Fsp3) is 0.945. The molecule has 19 heteroatoms. The van der Waals surface area contributed by atoms with Crippen molar-refractivity contribution in [3.63, 3.8) is 0 Å². The van der Waals surface area contributed by atoms with E-state index in [0.717, 1.165) is 114 Å². The first-order valence-electron chi connectivity index (χ1n) is 37.7. The second kappa shape index (κ2) is 62.6. The zero-order valence-corrected chi connectivity index (χ0v) is 62.0. The third-order valence-electron chi connectivity index (χ3n) is 17.2. The molecule has 0 aliphatic carbocycles. The van der Waals surface area contributed by atoms with Crippen LogP contribution in [0.1, 0.15) is 364 Å². The fourth-order valence-corrected chi connectivity index (χ4v) is 12.6. The van der Waals surface area contributed by atoms with Crippen molar-refractivity contribution in [2.24, 2.45) is 23.7 Å². The molecule has 0 amide bonds. The Morgan fingerprint density at radius 3 is 0.772 bits per heavy atom. The first kappa shape index (κ1) is 90.1. The van der Waals surface area contributed by atoms with Gasteiger partial charge in [-0.05, 0) is 49.4 Å². The molecule has 0 bridgehead atoms. The molecule has 6 atom stereocenters. The summed E-state index contributed by atoms with van der Waals surface area (Å²) in [5.41, 5.74) is 0. The van der Waals surface area contributed by atoms with Crippen LogP contribution in [-0.2, 0) is 65.4 Å². The lowest BCUT2D eigenvalue weighted by atomic mass is 9.99. The number of aliphatic hydroxyl groups is 1. The Morgan fingerprint density at radius 1 is 0.304 bits per heavy atom. The van der Waals surface area contributed by atoms with Gasteiger partial charge in [-0.2, -0.15) is 0 Å². The van der Waals surface area contributed by atoms with Crippen molar-refractivity contribution in [2.45, 2.75) is 382 Å². The van der Waals surface area contributed by atoms with Gasteiger partial charge in [-0.3, -0.25) is 37.3 Å². The normalized spacial score (nSPS) is 14.5. The van der Waals surface area contributed by atoms with Crippen molar-refractivity contribution in [1.82, 2.24) is 0 Å². The molecular weight excluding hydrogens is 1210 g/mol. The highest BCUT2D eigenvalue weighted by atomic mass is 31.2. The van der Waals surface area contributed by atoms with Crippen LogP contribution in [0.3, 0.4) is 0 Å². The first-order valence-corrected chi connectivity index (χ1v) is 40.7. The summed E-state index contributed by atoms with van der Waals surface area (Å²) in [5.74, 6) is 0.901. The van der Waals surface area contributed by atoms with Crippen LogP contribution < -0.4 is 0 Å². The monoisotopic (exact) mass is 1350 g/mol. The largest absolute Gasteiger partial charge is 0.472 e. The van der Waals surface area contributed by atoms with Crippen molar-refractivity contribution in [3.05, 3.63) is 0 Å². The van der Waals surface area contributed by atoms with Crippen LogP contribution in [0.15, 0.2) is 0 Å². The second-order valence-electron chi connectivity index (χ2n) is 28.0. The Bertz CT molecular complexity index is 1820. The lowest BCUT2D eigenvalue weighted by molar-refractivity contribution is -0.161. The average Bonchev–Trinajstić information content (AvgIpc) is 1.67. The van der Waals surface area contributed by atoms with Crippen LogP contribution in [0.4, 0.5) is 0 Å². The molecule has 0 rings (SSSR count). The minimum atomic E-state index is -4.95. The maximum Gasteiger partial charge on any atom is 0.472 e. The zero-order valence-electron chi connectivity index (χ0n) is 60.2. The minimum absolute atomic E-state index is 0.104. The Labute approximate surface area is 562 Å². The lowest BCUT2D eigenvalue weighted by Gasteiger charge is -2.21. The van der Waals surface area contributed by atoms with Crippen molar-refractivity contribution in [3.8, 4) is 0 Å². The van der Waals surface area contributed by atoms with Gasteiger partial charge in [-0.25, -0.2) is 9.13 Å². The Balaban J connectivity index is 5.23. The van der Waals surface area contributed by atoms with E-state index in [-0.39, 0.29) is 25.7 Å². The van der Waals surface area contributed by atoms with Crippen molar-refractivity contribution in [1.29, 1.82) is 0 Å². The van der Waals surface area contributed by atoms with Crippen molar-refractivity contribution < 1.29 is 80.2 Å². The summed E-state index contributed by atoms with van der Waals surface area (Å²) in [4.78, 5) is 72.7. The van der Waals surface area contributed by atoms with Gasteiger partial charge in [0.1, 0.15) is 19.3 Å². The molecular formula is C73H142O17P2. The quantitative estimate of drug-likeness (QED) is 0.0222. The van der Waals surface area contributed by atoms with E-state index < -0.39 is 97.5 Å². The molecule has 92 heavy (non-hydrogen) atoms. The molecule has 0 saturated carbocycles. The number of phosphoric acid groups is 2. The molecule has 17 nitrogen and oxygen atoms in total. The number of aliphatic hydroxyl groups excluding tert-OH is 1. The Kier molecular flexibility index (Phi) is 61.3. The number of unbranched alkanes of at least 4 members (excludes halogenated alkanes) is 35. The van der Waals surface area contributed by atoms with Crippen LogP contribution >= 0.6 is 15.6 Å². The van der Waals surface area contributed by atoms with E-state index in [4.69, 9.17) is 37.0 Å². The highest BCUT2D eigenvalue weighted by molar-refractivity contribution is 7.47. The van der Waals surface area contributed by atoms with Gasteiger partial charge >= 0.3 is 39.5 Å². The second-order valence-corrected chi connectivity index (χ2v) is 30.9. The summed E-state index contributed by atoms with van der Waals surface area (Å²) in [7, 11) is -9.91. The lowest BCUT2D eigenvalue weighted by Crippen LogP contribution is -2.30. The molecule has 546 valence electrons. The van der Waals surface area contributed by atoms with Crippen LogP contribution in [0, 0.1) is 23.7 Å². The minimum Gasteiger partial charge on any atom is -0.462 e. The third kappa shape index (κ3) is 65.4. The Hall–Kier alpha value is -1.94. The van der Waals surface area contributed by atoms with E-state index in [1.54, 1.807) is 0 Å². The molecule has 0 saturated heterocycles. The van der Waals surface area contributed by atoms with E-state index in [0.29, 0.717) is 31.6 Å². The zero-order chi connectivity index (χ0) is 68.2. The van der Waals surface area contributed by atoms with Crippen LogP contribution in [-0.4, -0.2) is 96.7 Å². The molecule has 0 aromatic carbocycles. The SMILES string of the molecule is CCC(C)CCCCCCCCCCCCC(=O)OC[C@H](COP(=O)(O)OCC(O)COP(=O)(O)OC[C@@H](COC(=O)CCCCCCCCCC(C)C)OC(=O)CCCCCCCCCCCCCCCCC(C)C)OC(=O)CCCCCCCCCCC(C)C. The van der Waals surface area contributed by atoms with Gasteiger partial charge in [0.15, 0.2) is 12.2 Å². The maximum atomic E-state index is 13.0. The van der Waals surface area contributed by atoms with E-state index in [9.17, 15) is 43.2 Å². The van der Waals surface area contributed by atoms with Gasteiger partial charge in [-0.1, -0.05) is 312 Å². The molecule has 0 spiro atoms. The van der Waals surface area contributed by atoms with Crippen molar-refractivity contribution in [2.75, 3.05) is 39.6 Å². The average molecular weight is 1350 g/mol. The van der Waals surface area contributed by atoms with E-state index in [2.05, 4.69) is 55.4 Å². The number of hydrogen-bond donors (Lipinski definition) is 3. The smallest absolute Gasteiger partial charge is 0.462 e. The molecule has 0 heterocycles. The highest BCUT2D eigenvalue weighted by Crippen LogP contribution is 2.45. The topological polar surface area (TPSA) is 237 Å². The molecule has 3 N–H and O–H groups in total. The number of ether oxygens (including phenoxy) is 4. The molecule has 0 fully saturated rings. The fourth-order valence-electron chi connectivity index (χ4n) is 11.0. The van der Waals surface area contributed by atoms with Crippen molar-refractivity contribution >= 4 is 39.5 Å². The summed E-state index contributed by atoms with van der Waals surface area (Å²) in [6, 6.07) is 0.